The second kappa shape index (κ2) is 5.52. The number of thioether (sulfide) groups is 1. The van der Waals surface area contributed by atoms with Gasteiger partial charge in [0.1, 0.15) is 0 Å². The summed E-state index contributed by atoms with van der Waals surface area (Å²) in [5.74, 6) is 0.691. The highest BCUT2D eigenvalue weighted by atomic mass is 35.5. The van der Waals surface area contributed by atoms with Crippen LogP contribution in [0, 0.1) is 0 Å². The normalized spacial score (nSPS) is 11.6. The zero-order chi connectivity index (χ0) is 12.3. The minimum Gasteiger partial charge on any atom is -0.491 e. The van der Waals surface area contributed by atoms with Crippen LogP contribution in [0.1, 0.15) is 27.7 Å². The number of benzene rings is 1. The maximum atomic E-state index is 6.18. The minimum atomic E-state index is 0.0696. The van der Waals surface area contributed by atoms with Crippen LogP contribution in [0.25, 0.3) is 0 Å². The van der Waals surface area contributed by atoms with Gasteiger partial charge in [0.2, 0.25) is 0 Å². The molecule has 0 aliphatic rings. The second-order valence-electron chi connectivity index (χ2n) is 4.33. The van der Waals surface area contributed by atoms with E-state index in [9.17, 15) is 0 Å². The van der Waals surface area contributed by atoms with Crippen LogP contribution in [0.15, 0.2) is 17.0 Å². The molecule has 1 aromatic carbocycles. The molecule has 0 atom stereocenters. The van der Waals surface area contributed by atoms with E-state index < -0.39 is 0 Å². The molecule has 0 aromatic heterocycles. The first-order valence-electron chi connectivity index (χ1n) is 5.15. The number of hydrogen-bond acceptors (Lipinski definition) is 2. The van der Waals surface area contributed by atoms with E-state index in [1.165, 1.54) is 0 Å². The van der Waals surface area contributed by atoms with Gasteiger partial charge in [0, 0.05) is 4.75 Å². The largest absolute Gasteiger partial charge is 0.491 e. The van der Waals surface area contributed by atoms with Crippen molar-refractivity contribution >= 4 is 35.0 Å². The number of ether oxygens (including phenoxy) is 1. The first kappa shape index (κ1) is 14.0. The van der Waals surface area contributed by atoms with Crippen LogP contribution >= 0.6 is 35.0 Å². The molecule has 1 nitrogen and oxygen atoms in total. The molecule has 0 amide bonds. The van der Waals surface area contributed by atoms with Crippen LogP contribution in [0.5, 0.6) is 5.75 Å². The Bertz CT molecular complexity index is 372. The second-order valence-corrected chi connectivity index (χ2v) is 6.99. The summed E-state index contributed by atoms with van der Waals surface area (Å²) in [6.45, 7) is 8.90. The summed E-state index contributed by atoms with van der Waals surface area (Å²) < 4.78 is 5.63. The molecular formula is C12H16Cl2OS. The zero-order valence-corrected chi connectivity index (χ0v) is 12.3. The fourth-order valence-electron chi connectivity index (χ4n) is 1.19. The predicted molar refractivity (Wildman–Crippen MR) is 73.2 cm³/mol. The van der Waals surface area contributed by atoms with Gasteiger partial charge < -0.3 is 4.74 Å². The van der Waals surface area contributed by atoms with E-state index in [1.54, 1.807) is 23.9 Å². The van der Waals surface area contributed by atoms with Crippen molar-refractivity contribution in [2.24, 2.45) is 0 Å². The van der Waals surface area contributed by atoms with Crippen LogP contribution in [0.3, 0.4) is 0 Å². The Morgan fingerprint density at radius 2 is 1.75 bits per heavy atom. The Hall–Kier alpha value is -0.0500. The molecule has 0 aliphatic heterocycles. The van der Waals surface area contributed by atoms with E-state index in [0.717, 1.165) is 4.90 Å². The SMILES string of the molecule is CCOc1c(Cl)ccc(Cl)c1SC(C)(C)C. The fourth-order valence-corrected chi connectivity index (χ4v) is 2.77. The summed E-state index contributed by atoms with van der Waals surface area (Å²) in [5, 5.41) is 1.30. The molecule has 1 rings (SSSR count). The van der Waals surface area contributed by atoms with Crippen molar-refractivity contribution in [2.45, 2.75) is 37.3 Å². The van der Waals surface area contributed by atoms with Gasteiger partial charge in [-0.2, -0.15) is 0 Å². The molecule has 0 aliphatic carbocycles. The van der Waals surface area contributed by atoms with Gasteiger partial charge in [-0.25, -0.2) is 0 Å². The molecule has 1 aromatic rings. The Labute approximate surface area is 111 Å². The lowest BCUT2D eigenvalue weighted by Crippen LogP contribution is -2.08. The summed E-state index contributed by atoms with van der Waals surface area (Å²) >= 11 is 14.0. The number of rotatable bonds is 3. The van der Waals surface area contributed by atoms with E-state index in [2.05, 4.69) is 20.8 Å². The molecule has 0 fully saturated rings. The average Bonchev–Trinajstić information content (AvgIpc) is 2.15. The van der Waals surface area contributed by atoms with Crippen LogP contribution in [-0.4, -0.2) is 11.4 Å². The van der Waals surface area contributed by atoms with E-state index in [-0.39, 0.29) is 4.75 Å². The minimum absolute atomic E-state index is 0.0696. The van der Waals surface area contributed by atoms with Crippen molar-refractivity contribution in [3.8, 4) is 5.75 Å². The highest BCUT2D eigenvalue weighted by molar-refractivity contribution is 8.00. The average molecular weight is 279 g/mol. The smallest absolute Gasteiger partial charge is 0.152 e. The number of halogens is 2. The van der Waals surface area contributed by atoms with Crippen LogP contribution in [0.2, 0.25) is 10.0 Å². The van der Waals surface area contributed by atoms with Crippen molar-refractivity contribution in [1.29, 1.82) is 0 Å². The third kappa shape index (κ3) is 3.76. The van der Waals surface area contributed by atoms with Crippen LogP contribution in [-0.2, 0) is 0 Å². The maximum Gasteiger partial charge on any atom is 0.152 e. The molecule has 0 saturated heterocycles. The summed E-state index contributed by atoms with van der Waals surface area (Å²) in [7, 11) is 0. The first-order chi connectivity index (χ1) is 7.35. The van der Waals surface area contributed by atoms with Gasteiger partial charge in [0.15, 0.2) is 5.75 Å². The Morgan fingerprint density at radius 1 is 1.19 bits per heavy atom. The summed E-state index contributed by atoms with van der Waals surface area (Å²) in [4.78, 5) is 0.920. The van der Waals surface area contributed by atoms with Gasteiger partial charge in [-0.1, -0.05) is 44.0 Å². The molecule has 0 unspecified atom stereocenters. The zero-order valence-electron chi connectivity index (χ0n) is 9.93. The van der Waals surface area contributed by atoms with E-state index >= 15 is 0 Å². The van der Waals surface area contributed by atoms with E-state index in [4.69, 9.17) is 27.9 Å². The fraction of sp³-hybridized carbons (Fsp3) is 0.500. The molecule has 0 saturated carbocycles. The van der Waals surface area contributed by atoms with E-state index in [1.807, 2.05) is 6.92 Å². The predicted octanol–water partition coefficient (Wildman–Crippen LogP) is 5.28. The van der Waals surface area contributed by atoms with Crippen molar-refractivity contribution in [1.82, 2.24) is 0 Å². The lowest BCUT2D eigenvalue weighted by Gasteiger charge is -2.21. The van der Waals surface area contributed by atoms with Crippen molar-refractivity contribution < 1.29 is 4.74 Å². The van der Waals surface area contributed by atoms with Crippen LogP contribution in [0.4, 0.5) is 0 Å². The van der Waals surface area contributed by atoms with E-state index in [0.29, 0.717) is 22.4 Å². The molecule has 16 heavy (non-hydrogen) atoms. The molecule has 0 spiro atoms. The molecule has 0 heterocycles. The van der Waals surface area contributed by atoms with Crippen molar-refractivity contribution in [3.05, 3.63) is 22.2 Å². The molecule has 0 N–H and O–H groups in total. The molecule has 0 radical (unpaired) electrons. The van der Waals surface area contributed by atoms with Crippen molar-refractivity contribution in [3.63, 3.8) is 0 Å². The van der Waals surface area contributed by atoms with Gasteiger partial charge in [-0.05, 0) is 19.1 Å². The van der Waals surface area contributed by atoms with Gasteiger partial charge in [0.05, 0.1) is 21.5 Å². The van der Waals surface area contributed by atoms with Crippen molar-refractivity contribution in [2.75, 3.05) is 6.61 Å². The molecule has 0 bridgehead atoms. The maximum absolute atomic E-state index is 6.18. The van der Waals surface area contributed by atoms with Gasteiger partial charge >= 0.3 is 0 Å². The van der Waals surface area contributed by atoms with Gasteiger partial charge in [0.25, 0.3) is 0 Å². The Balaban J connectivity index is 3.17. The highest BCUT2D eigenvalue weighted by Crippen LogP contribution is 2.45. The highest BCUT2D eigenvalue weighted by Gasteiger charge is 2.20. The quantitative estimate of drug-likeness (QED) is 0.696. The summed E-state index contributed by atoms with van der Waals surface area (Å²) in [5.41, 5.74) is 0. The standard InChI is InChI=1S/C12H16Cl2OS/c1-5-15-10-8(13)6-7-9(14)11(10)16-12(2,3)4/h6-7H,5H2,1-4H3. The third-order valence-electron chi connectivity index (χ3n) is 1.71. The monoisotopic (exact) mass is 278 g/mol. The Kier molecular flexibility index (Phi) is 4.84. The lowest BCUT2D eigenvalue weighted by molar-refractivity contribution is 0.332. The Morgan fingerprint density at radius 3 is 2.25 bits per heavy atom. The summed E-state index contributed by atoms with van der Waals surface area (Å²) in [6, 6.07) is 3.57. The molecular weight excluding hydrogens is 263 g/mol. The van der Waals surface area contributed by atoms with Crippen LogP contribution < -0.4 is 4.74 Å². The summed E-state index contributed by atoms with van der Waals surface area (Å²) in [6.07, 6.45) is 0. The van der Waals surface area contributed by atoms with Gasteiger partial charge in [-0.3, -0.25) is 0 Å². The molecule has 4 heteroatoms. The third-order valence-corrected chi connectivity index (χ3v) is 3.66. The van der Waals surface area contributed by atoms with Gasteiger partial charge in [-0.15, -0.1) is 11.8 Å². The lowest BCUT2D eigenvalue weighted by atomic mass is 10.3. The topological polar surface area (TPSA) is 9.23 Å². The first-order valence-corrected chi connectivity index (χ1v) is 6.72. The number of hydrogen-bond donors (Lipinski definition) is 0. The molecule has 90 valence electrons.